The minimum atomic E-state index is -0.776. The maximum Gasteiger partial charge on any atom is 0.306 e. The third-order valence-corrected chi connectivity index (χ3v) is 13.9. The minimum Gasteiger partial charge on any atom is -0.462 e. The maximum atomic E-state index is 12.9. The van der Waals surface area contributed by atoms with E-state index in [0.717, 1.165) is 96.3 Å². The van der Waals surface area contributed by atoms with Crippen LogP contribution in [0.3, 0.4) is 0 Å². The molecule has 0 fully saturated rings. The fourth-order valence-corrected chi connectivity index (χ4v) is 9.09. The van der Waals surface area contributed by atoms with Crippen molar-refractivity contribution in [3.8, 4) is 0 Å². The average Bonchev–Trinajstić information content (AvgIpc) is 3.41. The summed E-state index contributed by atoms with van der Waals surface area (Å²) < 4.78 is 16.8. The standard InChI is InChI=1S/C69H120O6/c1-4-7-10-13-16-18-20-22-24-26-28-30-32-33-34-35-37-38-40-42-44-46-48-50-53-56-59-62-68(71)74-65-66(64-73-67(70)61-58-55-52-15-12-9-6-3)75-69(72)63-60-57-54-51-49-47-45-43-41-39-36-31-29-27-25-23-21-19-17-14-11-8-5-2/h7,10,16,18,21-24,27-30,33-34,66H,4-6,8-9,11-15,17,19-20,25-26,31-32,35-65H2,1-3H3/b10-7-,18-16-,23-21-,24-22-,29-27-,30-28-,34-33-. The van der Waals surface area contributed by atoms with Crippen LogP contribution in [0.1, 0.15) is 316 Å². The van der Waals surface area contributed by atoms with E-state index in [0.29, 0.717) is 19.3 Å². The van der Waals surface area contributed by atoms with Crippen LogP contribution < -0.4 is 0 Å². The third kappa shape index (κ3) is 61.3. The molecule has 0 saturated carbocycles. The summed E-state index contributed by atoms with van der Waals surface area (Å²) in [6.45, 7) is 6.50. The molecule has 0 spiro atoms. The van der Waals surface area contributed by atoms with Gasteiger partial charge in [-0.1, -0.05) is 286 Å². The lowest BCUT2D eigenvalue weighted by Crippen LogP contribution is -2.30. The van der Waals surface area contributed by atoms with Gasteiger partial charge in [-0.05, 0) is 96.3 Å². The van der Waals surface area contributed by atoms with Gasteiger partial charge in [0.1, 0.15) is 13.2 Å². The normalized spacial score (nSPS) is 12.6. The van der Waals surface area contributed by atoms with E-state index in [1.54, 1.807) is 0 Å². The van der Waals surface area contributed by atoms with Gasteiger partial charge in [0, 0.05) is 19.3 Å². The first-order chi connectivity index (χ1) is 37.0. The Morgan fingerprint density at radius 1 is 0.280 bits per heavy atom. The first-order valence-electron chi connectivity index (χ1n) is 32.1. The topological polar surface area (TPSA) is 78.9 Å². The third-order valence-electron chi connectivity index (χ3n) is 13.9. The van der Waals surface area contributed by atoms with Crippen LogP contribution in [0.15, 0.2) is 85.1 Å². The van der Waals surface area contributed by atoms with Crippen LogP contribution in [0.2, 0.25) is 0 Å². The molecular weight excluding hydrogens is 925 g/mol. The van der Waals surface area contributed by atoms with Gasteiger partial charge < -0.3 is 14.2 Å². The van der Waals surface area contributed by atoms with Gasteiger partial charge in [-0.15, -0.1) is 0 Å². The number of rotatable bonds is 58. The van der Waals surface area contributed by atoms with Crippen molar-refractivity contribution in [1.82, 2.24) is 0 Å². The molecule has 0 aliphatic heterocycles. The van der Waals surface area contributed by atoms with E-state index in [2.05, 4.69) is 106 Å². The lowest BCUT2D eigenvalue weighted by Gasteiger charge is -2.18. The monoisotopic (exact) mass is 1040 g/mol. The molecule has 1 atom stereocenters. The first-order valence-corrected chi connectivity index (χ1v) is 32.1. The van der Waals surface area contributed by atoms with Crippen molar-refractivity contribution in [3.63, 3.8) is 0 Å². The molecule has 0 heterocycles. The smallest absolute Gasteiger partial charge is 0.306 e. The second-order valence-electron chi connectivity index (χ2n) is 21.3. The fraction of sp³-hybridized carbons (Fsp3) is 0.754. The lowest BCUT2D eigenvalue weighted by atomic mass is 10.0. The van der Waals surface area contributed by atoms with Crippen LogP contribution in [0.5, 0.6) is 0 Å². The SMILES string of the molecule is CC/C=C\C/C=C\C/C=C\C/C=C\C/C=C\CCCCCCCCCCCCCC(=O)OCC(COC(=O)CCCCCCCCC)OC(=O)CCCCCCCCCCCCC/C=C\C/C=C\CCCCCCC. The van der Waals surface area contributed by atoms with Crippen LogP contribution in [0.25, 0.3) is 0 Å². The number of carbonyl (C=O) groups excluding carboxylic acids is 3. The van der Waals surface area contributed by atoms with Gasteiger partial charge in [-0.25, -0.2) is 0 Å². The van der Waals surface area contributed by atoms with Crippen molar-refractivity contribution in [2.75, 3.05) is 13.2 Å². The van der Waals surface area contributed by atoms with Gasteiger partial charge in [-0.3, -0.25) is 14.4 Å². The molecule has 0 aromatic carbocycles. The van der Waals surface area contributed by atoms with E-state index in [9.17, 15) is 14.4 Å². The Hall–Kier alpha value is -3.41. The van der Waals surface area contributed by atoms with Gasteiger partial charge >= 0.3 is 17.9 Å². The summed E-state index contributed by atoms with van der Waals surface area (Å²) in [5.41, 5.74) is 0. The zero-order valence-corrected chi connectivity index (χ0v) is 49.6. The highest BCUT2D eigenvalue weighted by molar-refractivity contribution is 5.71. The molecule has 0 bridgehead atoms. The molecular formula is C69H120O6. The summed E-state index contributed by atoms with van der Waals surface area (Å²) in [6, 6.07) is 0. The predicted molar refractivity (Wildman–Crippen MR) is 325 cm³/mol. The van der Waals surface area contributed by atoms with Crippen molar-refractivity contribution in [2.45, 2.75) is 322 Å². The summed E-state index contributed by atoms with van der Waals surface area (Å²) in [7, 11) is 0. The van der Waals surface area contributed by atoms with Crippen LogP contribution >= 0.6 is 0 Å². The Bertz CT molecular complexity index is 1430. The average molecular weight is 1050 g/mol. The quantitative estimate of drug-likeness (QED) is 0.0261. The number of allylic oxidation sites excluding steroid dienone is 14. The number of ether oxygens (including phenoxy) is 3. The highest BCUT2D eigenvalue weighted by atomic mass is 16.6. The van der Waals surface area contributed by atoms with Crippen LogP contribution in [-0.4, -0.2) is 37.2 Å². The summed E-state index contributed by atoms with van der Waals surface area (Å²) >= 11 is 0. The molecule has 6 nitrogen and oxygen atoms in total. The molecule has 0 aromatic heterocycles. The summed E-state index contributed by atoms with van der Waals surface area (Å²) in [4.78, 5) is 38.1. The zero-order valence-electron chi connectivity index (χ0n) is 49.6. The molecule has 0 aromatic rings. The largest absolute Gasteiger partial charge is 0.462 e. The molecule has 1 unspecified atom stereocenters. The zero-order chi connectivity index (χ0) is 54.3. The number of unbranched alkanes of at least 4 members (excludes halogenated alkanes) is 33. The molecule has 0 saturated heterocycles. The molecule has 0 aliphatic carbocycles. The highest BCUT2D eigenvalue weighted by Gasteiger charge is 2.19. The number of carbonyl (C=O) groups is 3. The second kappa shape index (κ2) is 63.1. The Kier molecular flexibility index (Phi) is 60.3. The lowest BCUT2D eigenvalue weighted by molar-refractivity contribution is -0.167. The van der Waals surface area contributed by atoms with E-state index in [1.165, 1.54) is 180 Å². The van der Waals surface area contributed by atoms with Gasteiger partial charge in [0.15, 0.2) is 6.10 Å². The molecule has 0 N–H and O–H groups in total. The van der Waals surface area contributed by atoms with E-state index in [1.807, 2.05) is 0 Å². The van der Waals surface area contributed by atoms with Crippen molar-refractivity contribution >= 4 is 17.9 Å². The van der Waals surface area contributed by atoms with Crippen molar-refractivity contribution in [2.24, 2.45) is 0 Å². The molecule has 432 valence electrons. The van der Waals surface area contributed by atoms with Crippen molar-refractivity contribution in [3.05, 3.63) is 85.1 Å². The molecule has 0 radical (unpaired) electrons. The Morgan fingerprint density at radius 3 is 0.813 bits per heavy atom. The molecule has 75 heavy (non-hydrogen) atoms. The molecule has 6 heteroatoms. The van der Waals surface area contributed by atoms with Gasteiger partial charge in [0.2, 0.25) is 0 Å². The van der Waals surface area contributed by atoms with E-state index in [-0.39, 0.29) is 31.1 Å². The van der Waals surface area contributed by atoms with E-state index >= 15 is 0 Å². The molecule has 0 aliphatic rings. The number of hydrogen-bond acceptors (Lipinski definition) is 6. The predicted octanol–water partition coefficient (Wildman–Crippen LogP) is 21.9. The van der Waals surface area contributed by atoms with Gasteiger partial charge in [0.05, 0.1) is 0 Å². The van der Waals surface area contributed by atoms with Crippen LogP contribution in [-0.2, 0) is 28.6 Å². The number of esters is 3. The van der Waals surface area contributed by atoms with E-state index < -0.39 is 6.10 Å². The van der Waals surface area contributed by atoms with E-state index in [4.69, 9.17) is 14.2 Å². The second-order valence-corrected chi connectivity index (χ2v) is 21.3. The van der Waals surface area contributed by atoms with Crippen LogP contribution in [0.4, 0.5) is 0 Å². The Morgan fingerprint density at radius 2 is 0.520 bits per heavy atom. The van der Waals surface area contributed by atoms with Gasteiger partial charge in [-0.2, -0.15) is 0 Å². The molecule has 0 amide bonds. The molecule has 0 rings (SSSR count). The highest BCUT2D eigenvalue weighted by Crippen LogP contribution is 2.16. The maximum absolute atomic E-state index is 12.9. The Balaban J connectivity index is 4.13. The minimum absolute atomic E-state index is 0.0757. The summed E-state index contributed by atoms with van der Waals surface area (Å²) in [5.74, 6) is -0.876. The van der Waals surface area contributed by atoms with Crippen LogP contribution in [0, 0.1) is 0 Å². The first kappa shape index (κ1) is 71.6. The van der Waals surface area contributed by atoms with Crippen molar-refractivity contribution in [1.29, 1.82) is 0 Å². The summed E-state index contributed by atoms with van der Waals surface area (Å²) in [6.07, 6.45) is 83.3. The Labute approximate surface area is 465 Å². The summed E-state index contributed by atoms with van der Waals surface area (Å²) in [5, 5.41) is 0. The van der Waals surface area contributed by atoms with Crippen molar-refractivity contribution < 1.29 is 28.6 Å². The van der Waals surface area contributed by atoms with Gasteiger partial charge in [0.25, 0.3) is 0 Å². The fourth-order valence-electron chi connectivity index (χ4n) is 9.09. The number of hydrogen-bond donors (Lipinski definition) is 0.